The molecule has 0 spiro atoms. The molecule has 0 aromatic carbocycles. The molecule has 0 unspecified atom stereocenters. The Balaban J connectivity index is 2.39. The number of likely N-dealkylation sites (N-methyl/N-ethyl adjacent to an activating group) is 1. The largest absolute Gasteiger partial charge is 0.409 e. The van der Waals surface area contributed by atoms with E-state index in [1.54, 1.807) is 13.3 Å². The molecule has 0 amide bonds. The topological polar surface area (TPSA) is 96.0 Å². The minimum absolute atomic E-state index is 0.0274. The van der Waals surface area contributed by atoms with E-state index in [-0.39, 0.29) is 5.84 Å². The Labute approximate surface area is 119 Å². The van der Waals surface area contributed by atoms with Gasteiger partial charge in [0, 0.05) is 39.5 Å². The first-order valence-electron chi connectivity index (χ1n) is 6.49. The predicted octanol–water partition coefficient (Wildman–Crippen LogP) is -0.156. The molecule has 0 saturated carbocycles. The zero-order chi connectivity index (χ0) is 14.8. The molecule has 0 fully saturated rings. The first-order chi connectivity index (χ1) is 9.69. The number of pyridine rings is 1. The summed E-state index contributed by atoms with van der Waals surface area (Å²) in [4.78, 5) is 6.31. The van der Waals surface area contributed by atoms with Crippen molar-refractivity contribution >= 4 is 5.84 Å². The monoisotopic (exact) mass is 281 g/mol. The van der Waals surface area contributed by atoms with Crippen LogP contribution in [0.3, 0.4) is 0 Å². The van der Waals surface area contributed by atoms with Crippen LogP contribution in [0, 0.1) is 0 Å². The Morgan fingerprint density at radius 3 is 3.05 bits per heavy atom. The van der Waals surface area contributed by atoms with E-state index in [9.17, 15) is 0 Å². The maximum absolute atomic E-state index is 8.72. The van der Waals surface area contributed by atoms with Gasteiger partial charge in [-0.2, -0.15) is 0 Å². The molecule has 7 nitrogen and oxygen atoms in total. The lowest BCUT2D eigenvalue weighted by molar-refractivity contribution is 0.161. The summed E-state index contributed by atoms with van der Waals surface area (Å²) in [6.07, 6.45) is 1.62. The van der Waals surface area contributed by atoms with Gasteiger partial charge in [-0.1, -0.05) is 11.2 Å². The van der Waals surface area contributed by atoms with E-state index in [4.69, 9.17) is 15.7 Å². The summed E-state index contributed by atoms with van der Waals surface area (Å²) in [5.74, 6) is 0.0274. The van der Waals surface area contributed by atoms with Crippen LogP contribution in [0.15, 0.2) is 23.5 Å². The number of nitrogens with one attached hydrogen (secondary N) is 1. The lowest BCUT2D eigenvalue weighted by atomic mass is 10.2. The third-order valence-corrected chi connectivity index (χ3v) is 2.90. The van der Waals surface area contributed by atoms with Gasteiger partial charge >= 0.3 is 0 Å². The van der Waals surface area contributed by atoms with Gasteiger partial charge in [0.2, 0.25) is 0 Å². The van der Waals surface area contributed by atoms with Gasteiger partial charge in [-0.15, -0.1) is 0 Å². The molecule has 1 aromatic rings. The average molecular weight is 281 g/mol. The van der Waals surface area contributed by atoms with Crippen LogP contribution in [-0.2, 0) is 11.3 Å². The van der Waals surface area contributed by atoms with Gasteiger partial charge in [-0.25, -0.2) is 0 Å². The van der Waals surface area contributed by atoms with Crippen molar-refractivity contribution in [2.75, 3.05) is 40.4 Å². The SMILES string of the molecule is COCCN(C)CCNCc1cccnc1C(N)=NO. The number of methoxy groups -OCH3 is 1. The van der Waals surface area contributed by atoms with Crippen LogP contribution in [0.4, 0.5) is 0 Å². The van der Waals surface area contributed by atoms with Crippen LogP contribution < -0.4 is 11.1 Å². The Kier molecular flexibility index (Phi) is 7.56. The van der Waals surface area contributed by atoms with E-state index in [0.717, 1.165) is 31.8 Å². The molecule has 1 rings (SSSR count). The van der Waals surface area contributed by atoms with Crippen molar-refractivity contribution in [2.24, 2.45) is 10.9 Å². The second-order valence-electron chi connectivity index (χ2n) is 4.47. The van der Waals surface area contributed by atoms with Gasteiger partial charge < -0.3 is 25.9 Å². The van der Waals surface area contributed by atoms with Crippen molar-refractivity contribution in [1.82, 2.24) is 15.2 Å². The molecule has 0 aliphatic heterocycles. The van der Waals surface area contributed by atoms with Crippen LogP contribution in [0.5, 0.6) is 0 Å². The fourth-order valence-corrected chi connectivity index (χ4v) is 1.71. The quantitative estimate of drug-likeness (QED) is 0.191. The minimum atomic E-state index is 0.0274. The van der Waals surface area contributed by atoms with Crippen LogP contribution in [-0.4, -0.2) is 61.3 Å². The molecule has 0 saturated heterocycles. The summed E-state index contributed by atoms with van der Waals surface area (Å²) in [7, 11) is 3.75. The lowest BCUT2D eigenvalue weighted by Gasteiger charge is -2.16. The number of oxime groups is 1. The van der Waals surface area contributed by atoms with E-state index in [1.165, 1.54) is 0 Å². The van der Waals surface area contributed by atoms with E-state index in [2.05, 4.69) is 20.4 Å². The van der Waals surface area contributed by atoms with E-state index in [0.29, 0.717) is 12.2 Å². The molecule has 0 atom stereocenters. The van der Waals surface area contributed by atoms with Crippen LogP contribution in [0.2, 0.25) is 0 Å². The number of nitrogens with zero attached hydrogens (tertiary/aromatic N) is 3. The Morgan fingerprint density at radius 2 is 2.35 bits per heavy atom. The smallest absolute Gasteiger partial charge is 0.189 e. The zero-order valence-corrected chi connectivity index (χ0v) is 12.0. The van der Waals surface area contributed by atoms with Crippen molar-refractivity contribution in [3.8, 4) is 0 Å². The van der Waals surface area contributed by atoms with E-state index >= 15 is 0 Å². The molecule has 4 N–H and O–H groups in total. The standard InChI is InChI=1S/C13H23N5O2/c1-18(8-9-20-2)7-6-15-10-11-4-3-5-16-12(11)13(14)17-19/h3-5,15,19H,6-10H2,1-2H3,(H2,14,17). The van der Waals surface area contributed by atoms with Gasteiger partial charge in [0.05, 0.1) is 6.61 Å². The molecular weight excluding hydrogens is 258 g/mol. The second kappa shape index (κ2) is 9.24. The fourth-order valence-electron chi connectivity index (χ4n) is 1.71. The molecule has 0 aliphatic rings. The zero-order valence-electron chi connectivity index (χ0n) is 12.0. The predicted molar refractivity (Wildman–Crippen MR) is 77.8 cm³/mol. The number of hydrogen-bond acceptors (Lipinski definition) is 6. The van der Waals surface area contributed by atoms with Gasteiger partial charge in [-0.05, 0) is 18.7 Å². The van der Waals surface area contributed by atoms with Crippen LogP contribution in [0.25, 0.3) is 0 Å². The molecule has 0 radical (unpaired) electrons. The fraction of sp³-hybridized carbons (Fsp3) is 0.538. The highest BCUT2D eigenvalue weighted by Crippen LogP contribution is 2.04. The van der Waals surface area contributed by atoms with Gasteiger partial charge in [0.15, 0.2) is 5.84 Å². The summed E-state index contributed by atoms with van der Waals surface area (Å²) >= 11 is 0. The minimum Gasteiger partial charge on any atom is -0.409 e. The molecule has 0 bridgehead atoms. The molecule has 112 valence electrons. The van der Waals surface area contributed by atoms with Crippen molar-refractivity contribution in [3.05, 3.63) is 29.6 Å². The third-order valence-electron chi connectivity index (χ3n) is 2.90. The van der Waals surface area contributed by atoms with Gasteiger partial charge in [0.1, 0.15) is 5.69 Å². The molecule has 1 heterocycles. The summed E-state index contributed by atoms with van der Waals surface area (Å²) in [6.45, 7) is 4.01. The number of aromatic nitrogens is 1. The Bertz CT molecular complexity index is 425. The first kappa shape index (κ1) is 16.4. The Hall–Kier alpha value is -1.70. The van der Waals surface area contributed by atoms with E-state index in [1.807, 2.05) is 19.2 Å². The normalized spacial score (nSPS) is 12.1. The maximum atomic E-state index is 8.72. The number of rotatable bonds is 9. The number of amidine groups is 1. The molecular formula is C13H23N5O2. The number of nitrogens with two attached hydrogens (primary N) is 1. The van der Waals surface area contributed by atoms with E-state index < -0.39 is 0 Å². The lowest BCUT2D eigenvalue weighted by Crippen LogP contribution is -2.31. The van der Waals surface area contributed by atoms with Crippen molar-refractivity contribution in [1.29, 1.82) is 0 Å². The molecule has 20 heavy (non-hydrogen) atoms. The number of hydrogen-bond donors (Lipinski definition) is 3. The van der Waals surface area contributed by atoms with Crippen molar-refractivity contribution in [2.45, 2.75) is 6.54 Å². The number of ether oxygens (including phenoxy) is 1. The highest BCUT2D eigenvalue weighted by molar-refractivity contribution is 5.96. The first-order valence-corrected chi connectivity index (χ1v) is 6.49. The van der Waals surface area contributed by atoms with Gasteiger partial charge in [0.25, 0.3) is 0 Å². The summed E-state index contributed by atoms with van der Waals surface area (Å²) in [6, 6.07) is 3.73. The molecule has 0 aliphatic carbocycles. The highest BCUT2D eigenvalue weighted by Gasteiger charge is 2.07. The maximum Gasteiger partial charge on any atom is 0.189 e. The van der Waals surface area contributed by atoms with Crippen LogP contribution >= 0.6 is 0 Å². The Morgan fingerprint density at radius 1 is 1.55 bits per heavy atom. The summed E-state index contributed by atoms with van der Waals surface area (Å²) in [5.41, 5.74) is 7.00. The summed E-state index contributed by atoms with van der Waals surface area (Å²) in [5, 5.41) is 15.0. The third kappa shape index (κ3) is 5.52. The second-order valence-corrected chi connectivity index (χ2v) is 4.47. The van der Waals surface area contributed by atoms with Crippen LogP contribution in [0.1, 0.15) is 11.3 Å². The summed E-state index contributed by atoms with van der Waals surface area (Å²) < 4.78 is 5.02. The molecule has 7 heteroatoms. The average Bonchev–Trinajstić information content (AvgIpc) is 2.49. The molecule has 1 aromatic heterocycles. The van der Waals surface area contributed by atoms with Crippen molar-refractivity contribution in [3.63, 3.8) is 0 Å². The van der Waals surface area contributed by atoms with Crippen molar-refractivity contribution < 1.29 is 9.94 Å². The van der Waals surface area contributed by atoms with Gasteiger partial charge in [-0.3, -0.25) is 4.98 Å². The highest BCUT2D eigenvalue weighted by atomic mass is 16.5.